The number of nitrogens with zero attached hydrogens (tertiary/aromatic N) is 2. The normalized spacial score (nSPS) is 11.3. The summed E-state index contributed by atoms with van der Waals surface area (Å²) >= 11 is 0. The van der Waals surface area contributed by atoms with Crippen molar-refractivity contribution in [3.63, 3.8) is 0 Å². The molecule has 1 rings (SSSR count). The van der Waals surface area contributed by atoms with Crippen LogP contribution in [0, 0.1) is 0 Å². The van der Waals surface area contributed by atoms with Gasteiger partial charge in [0, 0.05) is 0 Å². The third kappa shape index (κ3) is 4.44. The molecule has 1 aromatic rings. The number of nitrogen functional groups attached to an aromatic ring is 1. The molecule has 0 aliphatic carbocycles. The fourth-order valence-corrected chi connectivity index (χ4v) is 1.13. The lowest BCUT2D eigenvalue weighted by Gasteiger charge is -2.19. The molecule has 0 unspecified atom stereocenters. The minimum Gasteiger partial charge on any atom is -0.479 e. The molecular formula is C11H19N3O3. The Labute approximate surface area is 101 Å². The number of rotatable bonds is 5. The molecule has 0 fully saturated rings. The van der Waals surface area contributed by atoms with Gasteiger partial charge in [-0.15, -0.1) is 0 Å². The van der Waals surface area contributed by atoms with Crippen LogP contribution in [0.25, 0.3) is 0 Å². The zero-order chi connectivity index (χ0) is 12.9. The molecule has 0 amide bonds. The molecular weight excluding hydrogens is 222 g/mol. The van der Waals surface area contributed by atoms with Gasteiger partial charge in [-0.25, -0.2) is 0 Å². The highest BCUT2D eigenvalue weighted by molar-refractivity contribution is 5.55. The molecule has 96 valence electrons. The van der Waals surface area contributed by atoms with Crippen molar-refractivity contribution in [3.05, 3.63) is 6.33 Å². The Morgan fingerprint density at radius 3 is 2.41 bits per heavy atom. The molecule has 0 atom stereocenters. The average molecular weight is 241 g/mol. The van der Waals surface area contributed by atoms with Gasteiger partial charge in [0.25, 0.3) is 0 Å². The van der Waals surface area contributed by atoms with Gasteiger partial charge in [0.1, 0.15) is 12.9 Å². The van der Waals surface area contributed by atoms with Crippen molar-refractivity contribution in [2.24, 2.45) is 0 Å². The summed E-state index contributed by atoms with van der Waals surface area (Å²) in [5, 5.41) is 0. The van der Waals surface area contributed by atoms with Crippen LogP contribution >= 0.6 is 0 Å². The van der Waals surface area contributed by atoms with Gasteiger partial charge < -0.3 is 19.9 Å². The topological polar surface area (TPSA) is 79.5 Å². The first-order chi connectivity index (χ1) is 7.94. The molecule has 0 saturated carbocycles. The van der Waals surface area contributed by atoms with Crippen LogP contribution in [0.2, 0.25) is 0 Å². The van der Waals surface area contributed by atoms with Gasteiger partial charge in [-0.05, 0) is 20.8 Å². The summed E-state index contributed by atoms with van der Waals surface area (Å²) in [6.07, 6.45) is 1.34. The Kier molecular flexibility index (Phi) is 4.51. The van der Waals surface area contributed by atoms with Crippen molar-refractivity contribution in [1.82, 2.24) is 9.97 Å². The Morgan fingerprint density at radius 1 is 1.18 bits per heavy atom. The zero-order valence-electron chi connectivity index (χ0n) is 10.7. The third-order valence-electron chi connectivity index (χ3n) is 1.86. The summed E-state index contributed by atoms with van der Waals surface area (Å²) in [5.41, 5.74) is 5.86. The Morgan fingerprint density at radius 2 is 1.82 bits per heavy atom. The Balaban J connectivity index is 2.47. The highest BCUT2D eigenvalue weighted by atomic mass is 16.5. The summed E-state index contributed by atoms with van der Waals surface area (Å²) in [5.74, 6) is 0.626. The quantitative estimate of drug-likeness (QED) is 0.782. The van der Waals surface area contributed by atoms with Crippen LogP contribution in [0.5, 0.6) is 11.8 Å². The van der Waals surface area contributed by atoms with Crippen LogP contribution < -0.4 is 15.2 Å². The third-order valence-corrected chi connectivity index (χ3v) is 1.86. The molecule has 0 spiro atoms. The van der Waals surface area contributed by atoms with Crippen molar-refractivity contribution in [2.75, 3.05) is 26.1 Å². The summed E-state index contributed by atoms with van der Waals surface area (Å²) in [4.78, 5) is 7.78. The van der Waals surface area contributed by atoms with E-state index in [-0.39, 0.29) is 5.60 Å². The van der Waals surface area contributed by atoms with Gasteiger partial charge in [-0.2, -0.15) is 9.97 Å². The number of ether oxygens (including phenoxy) is 3. The molecule has 1 aromatic heterocycles. The maximum absolute atomic E-state index is 5.75. The van der Waals surface area contributed by atoms with Crippen LogP contribution in [0.1, 0.15) is 20.8 Å². The van der Waals surface area contributed by atoms with E-state index >= 15 is 0 Å². The minimum atomic E-state index is -0.182. The molecule has 17 heavy (non-hydrogen) atoms. The molecule has 0 bridgehead atoms. The fraction of sp³-hybridized carbons (Fsp3) is 0.636. The molecule has 2 N–H and O–H groups in total. The minimum absolute atomic E-state index is 0.182. The highest BCUT2D eigenvalue weighted by Gasteiger charge is 2.11. The van der Waals surface area contributed by atoms with E-state index in [0.29, 0.717) is 30.7 Å². The number of aromatic nitrogens is 2. The smallest absolute Gasteiger partial charge is 0.244 e. The highest BCUT2D eigenvalue weighted by Crippen LogP contribution is 2.25. The van der Waals surface area contributed by atoms with E-state index in [0.717, 1.165) is 0 Å². The van der Waals surface area contributed by atoms with E-state index in [1.54, 1.807) is 0 Å². The lowest BCUT2D eigenvalue weighted by atomic mass is 10.2. The second-order valence-corrected chi connectivity index (χ2v) is 4.41. The van der Waals surface area contributed by atoms with Crippen LogP contribution in [0.4, 0.5) is 5.69 Å². The summed E-state index contributed by atoms with van der Waals surface area (Å²) in [6, 6.07) is 0. The molecule has 0 radical (unpaired) electrons. The first-order valence-corrected chi connectivity index (χ1v) is 5.35. The van der Waals surface area contributed by atoms with Gasteiger partial charge in [-0.1, -0.05) is 0 Å². The van der Waals surface area contributed by atoms with Gasteiger partial charge in [0.2, 0.25) is 11.8 Å². The average Bonchev–Trinajstić information content (AvgIpc) is 2.25. The predicted molar refractivity (Wildman–Crippen MR) is 64.2 cm³/mol. The lowest BCUT2D eigenvalue weighted by Crippen LogP contribution is -2.22. The van der Waals surface area contributed by atoms with Crippen LogP contribution in [0.3, 0.4) is 0 Å². The van der Waals surface area contributed by atoms with Gasteiger partial charge >= 0.3 is 0 Å². The van der Waals surface area contributed by atoms with Gasteiger partial charge in [-0.3, -0.25) is 0 Å². The van der Waals surface area contributed by atoms with Crippen molar-refractivity contribution in [3.8, 4) is 11.8 Å². The number of hydrogen-bond donors (Lipinski definition) is 1. The Bertz CT molecular complexity index is 363. The van der Waals surface area contributed by atoms with E-state index in [4.69, 9.17) is 19.9 Å². The number of anilines is 1. The second-order valence-electron chi connectivity index (χ2n) is 4.41. The number of nitrogens with two attached hydrogens (primary N) is 1. The van der Waals surface area contributed by atoms with Gasteiger partial charge in [0.05, 0.1) is 19.3 Å². The SMILES string of the molecule is COc1ncnc(OCCOC(C)(C)C)c1N. The monoisotopic (exact) mass is 241 g/mol. The van der Waals surface area contributed by atoms with E-state index in [1.165, 1.54) is 13.4 Å². The van der Waals surface area contributed by atoms with Crippen molar-refractivity contribution in [1.29, 1.82) is 0 Å². The molecule has 6 heteroatoms. The standard InChI is InChI=1S/C11H19N3O3/c1-11(2,3)17-6-5-16-10-8(12)9(15-4)13-7-14-10/h7H,5-6,12H2,1-4H3. The molecule has 6 nitrogen and oxygen atoms in total. The van der Waals surface area contributed by atoms with E-state index in [1.807, 2.05) is 20.8 Å². The maximum atomic E-state index is 5.75. The summed E-state index contributed by atoms with van der Waals surface area (Å²) < 4.78 is 15.9. The van der Waals surface area contributed by atoms with Crippen molar-refractivity contribution < 1.29 is 14.2 Å². The molecule has 1 heterocycles. The van der Waals surface area contributed by atoms with E-state index < -0.39 is 0 Å². The fourth-order valence-electron chi connectivity index (χ4n) is 1.13. The lowest BCUT2D eigenvalue weighted by molar-refractivity contribution is -0.0167. The largest absolute Gasteiger partial charge is 0.479 e. The van der Waals surface area contributed by atoms with Crippen molar-refractivity contribution in [2.45, 2.75) is 26.4 Å². The molecule has 0 aromatic carbocycles. The van der Waals surface area contributed by atoms with Crippen LogP contribution in [-0.2, 0) is 4.74 Å². The number of hydrogen-bond acceptors (Lipinski definition) is 6. The first kappa shape index (κ1) is 13.5. The summed E-state index contributed by atoms with van der Waals surface area (Å²) in [6.45, 7) is 6.79. The first-order valence-electron chi connectivity index (χ1n) is 5.35. The predicted octanol–water partition coefficient (Wildman–Crippen LogP) is 1.26. The Hall–Kier alpha value is -1.56. The second kappa shape index (κ2) is 5.67. The van der Waals surface area contributed by atoms with E-state index in [2.05, 4.69) is 9.97 Å². The van der Waals surface area contributed by atoms with Crippen LogP contribution in [-0.4, -0.2) is 35.9 Å². The zero-order valence-corrected chi connectivity index (χ0v) is 10.7. The molecule has 0 aliphatic rings. The number of methoxy groups -OCH3 is 1. The molecule has 0 saturated heterocycles. The molecule has 0 aliphatic heterocycles. The van der Waals surface area contributed by atoms with E-state index in [9.17, 15) is 0 Å². The maximum Gasteiger partial charge on any atom is 0.244 e. The van der Waals surface area contributed by atoms with Crippen molar-refractivity contribution >= 4 is 5.69 Å². The summed E-state index contributed by atoms with van der Waals surface area (Å²) in [7, 11) is 1.49. The van der Waals surface area contributed by atoms with Crippen LogP contribution in [0.15, 0.2) is 6.33 Å². The van der Waals surface area contributed by atoms with Gasteiger partial charge in [0.15, 0.2) is 5.69 Å².